The fraction of sp³-hybridized carbons (Fsp3) is 0.875. The Bertz CT molecular complexity index is 289. The third-order valence-electron chi connectivity index (χ3n) is 1.79. The van der Waals surface area contributed by atoms with Gasteiger partial charge in [-0.2, -0.15) is 13.1 Å². The van der Waals surface area contributed by atoms with Gasteiger partial charge in [0.2, 0.25) is 0 Å². The van der Waals surface area contributed by atoms with Gasteiger partial charge in [-0.1, -0.05) is 20.3 Å². The highest BCUT2D eigenvalue weighted by molar-refractivity contribution is 7.87. The highest BCUT2D eigenvalue weighted by Crippen LogP contribution is 1.97. The summed E-state index contributed by atoms with van der Waals surface area (Å²) in [5.41, 5.74) is 5.29. The highest BCUT2D eigenvalue weighted by atomic mass is 32.2. The second-order valence-electron chi connectivity index (χ2n) is 3.31. The molecule has 0 aromatic rings. The zero-order valence-corrected chi connectivity index (χ0v) is 10.0. The van der Waals surface area contributed by atoms with E-state index in [0.717, 1.165) is 12.8 Å². The van der Waals surface area contributed by atoms with Crippen molar-refractivity contribution in [3.05, 3.63) is 0 Å². The summed E-state index contributed by atoms with van der Waals surface area (Å²) in [5.74, 6) is -0.154. The van der Waals surface area contributed by atoms with Crippen LogP contribution in [-0.2, 0) is 10.2 Å². The average molecular weight is 236 g/mol. The molecule has 0 saturated heterocycles. The first-order valence-electron chi connectivity index (χ1n) is 5.03. The topological polar surface area (TPSA) is 108 Å². The Morgan fingerprint density at radius 1 is 1.40 bits per heavy atom. The largest absolute Gasteiger partial charge is 0.386 e. The molecule has 90 valence electrons. The highest BCUT2D eigenvalue weighted by Gasteiger charge is 2.18. The lowest BCUT2D eigenvalue weighted by atomic mass is 10.2. The summed E-state index contributed by atoms with van der Waals surface area (Å²) in [6.07, 6.45) is 2.02. The Hall–Kier alpha value is -0.660. The quantitative estimate of drug-likeness (QED) is 0.350. The van der Waals surface area contributed by atoms with Gasteiger partial charge in [0.25, 0.3) is 10.2 Å². The lowest BCUT2D eigenvalue weighted by Crippen LogP contribution is -2.48. The molecule has 0 saturated carbocycles. The van der Waals surface area contributed by atoms with E-state index < -0.39 is 16.3 Å². The normalized spacial score (nSPS) is 13.7. The van der Waals surface area contributed by atoms with Gasteiger partial charge in [-0.25, -0.2) is 4.72 Å². The number of amidine groups is 1. The van der Waals surface area contributed by atoms with Crippen LogP contribution in [0.2, 0.25) is 0 Å². The van der Waals surface area contributed by atoms with Crippen molar-refractivity contribution < 1.29 is 8.42 Å². The molecule has 1 unspecified atom stereocenters. The summed E-state index contributed by atoms with van der Waals surface area (Å²) in [4.78, 5) is 0. The fourth-order valence-corrected chi connectivity index (χ4v) is 2.21. The van der Waals surface area contributed by atoms with Gasteiger partial charge in [0.1, 0.15) is 5.84 Å². The number of hydrogen-bond donors (Lipinski definition) is 4. The van der Waals surface area contributed by atoms with E-state index >= 15 is 0 Å². The van der Waals surface area contributed by atoms with Gasteiger partial charge >= 0.3 is 0 Å². The second-order valence-corrected chi connectivity index (χ2v) is 4.84. The predicted molar refractivity (Wildman–Crippen MR) is 61.0 cm³/mol. The van der Waals surface area contributed by atoms with Gasteiger partial charge in [-0.05, 0) is 12.8 Å². The molecule has 7 heteroatoms. The monoisotopic (exact) mass is 236 g/mol. The van der Waals surface area contributed by atoms with Gasteiger partial charge < -0.3 is 5.73 Å². The van der Waals surface area contributed by atoms with Crippen molar-refractivity contribution >= 4 is 16.0 Å². The minimum absolute atomic E-state index is 0.154. The molecule has 0 radical (unpaired) electrons. The predicted octanol–water partition coefficient (Wildman–Crippen LogP) is -0.0749. The molecule has 0 bridgehead atoms. The summed E-state index contributed by atoms with van der Waals surface area (Å²) < 4.78 is 27.5. The van der Waals surface area contributed by atoms with Gasteiger partial charge in [0.15, 0.2) is 0 Å². The minimum atomic E-state index is -3.53. The van der Waals surface area contributed by atoms with Crippen LogP contribution in [0.5, 0.6) is 0 Å². The number of rotatable bonds is 8. The molecule has 6 nitrogen and oxygen atoms in total. The molecule has 0 rings (SSSR count). The van der Waals surface area contributed by atoms with E-state index in [1.54, 1.807) is 0 Å². The number of nitrogens with two attached hydrogens (primary N) is 1. The molecule has 5 N–H and O–H groups in total. The van der Waals surface area contributed by atoms with E-state index in [1.807, 2.05) is 13.8 Å². The minimum Gasteiger partial charge on any atom is -0.386 e. The van der Waals surface area contributed by atoms with Crippen LogP contribution in [0, 0.1) is 5.41 Å². The molecular weight excluding hydrogens is 216 g/mol. The van der Waals surface area contributed by atoms with Crippen LogP contribution in [0.15, 0.2) is 0 Å². The SMILES string of the molecule is CCCNS(=O)(=O)NC(CCC)C(=N)N. The molecule has 0 amide bonds. The Labute approximate surface area is 91.3 Å². The number of hydrogen-bond acceptors (Lipinski definition) is 3. The standard InChI is InChI=1S/C8H20N4O2S/c1-3-5-7(8(9)10)12-15(13,14)11-6-4-2/h7,11-12H,3-6H2,1-2H3,(H3,9,10). The van der Waals surface area contributed by atoms with Crippen LogP contribution in [0.3, 0.4) is 0 Å². The van der Waals surface area contributed by atoms with E-state index in [-0.39, 0.29) is 5.84 Å². The average Bonchev–Trinajstić information content (AvgIpc) is 2.14. The lowest BCUT2D eigenvalue weighted by Gasteiger charge is -2.16. The van der Waals surface area contributed by atoms with E-state index in [9.17, 15) is 8.42 Å². The van der Waals surface area contributed by atoms with Crippen molar-refractivity contribution in [3.8, 4) is 0 Å². The lowest BCUT2D eigenvalue weighted by molar-refractivity contribution is 0.551. The van der Waals surface area contributed by atoms with Crippen LogP contribution >= 0.6 is 0 Å². The summed E-state index contributed by atoms with van der Waals surface area (Å²) >= 11 is 0. The van der Waals surface area contributed by atoms with Crippen LogP contribution in [-0.4, -0.2) is 26.8 Å². The molecule has 0 heterocycles. The van der Waals surface area contributed by atoms with Gasteiger partial charge in [0.05, 0.1) is 6.04 Å². The molecule has 0 aromatic carbocycles. The van der Waals surface area contributed by atoms with E-state index in [2.05, 4.69) is 9.44 Å². The van der Waals surface area contributed by atoms with Crippen molar-refractivity contribution in [1.29, 1.82) is 5.41 Å². The van der Waals surface area contributed by atoms with Crippen molar-refractivity contribution in [2.24, 2.45) is 5.73 Å². The first-order valence-corrected chi connectivity index (χ1v) is 6.52. The van der Waals surface area contributed by atoms with E-state index in [4.69, 9.17) is 11.1 Å². The third-order valence-corrected chi connectivity index (χ3v) is 2.97. The molecule has 0 aromatic heterocycles. The molecule has 0 fully saturated rings. The zero-order valence-electron chi connectivity index (χ0n) is 9.21. The Balaban J connectivity index is 4.32. The smallest absolute Gasteiger partial charge is 0.277 e. The molecule has 1 atom stereocenters. The summed E-state index contributed by atoms with van der Waals surface area (Å²) in [6.45, 7) is 4.16. The number of nitrogens with one attached hydrogen (secondary N) is 3. The molecule has 0 aliphatic carbocycles. The van der Waals surface area contributed by atoms with Crippen molar-refractivity contribution in [3.63, 3.8) is 0 Å². The van der Waals surface area contributed by atoms with Crippen LogP contribution < -0.4 is 15.2 Å². The molecule has 0 spiro atoms. The maximum absolute atomic E-state index is 11.4. The van der Waals surface area contributed by atoms with Gasteiger partial charge in [-0.15, -0.1) is 0 Å². The van der Waals surface area contributed by atoms with Crippen molar-refractivity contribution in [1.82, 2.24) is 9.44 Å². The van der Waals surface area contributed by atoms with Crippen molar-refractivity contribution in [2.45, 2.75) is 39.2 Å². The van der Waals surface area contributed by atoms with Gasteiger partial charge in [-0.3, -0.25) is 5.41 Å². The summed E-state index contributed by atoms with van der Waals surface area (Å²) in [6, 6.07) is -0.607. The molecular formula is C8H20N4O2S. The van der Waals surface area contributed by atoms with Crippen LogP contribution in [0.25, 0.3) is 0 Å². The molecule has 0 aliphatic rings. The summed E-state index contributed by atoms with van der Waals surface area (Å²) in [7, 11) is -3.53. The van der Waals surface area contributed by atoms with Gasteiger partial charge in [0, 0.05) is 6.54 Å². The molecule has 0 aliphatic heterocycles. The first-order chi connectivity index (χ1) is 6.93. The fourth-order valence-electron chi connectivity index (χ4n) is 1.03. The van der Waals surface area contributed by atoms with E-state index in [1.165, 1.54) is 0 Å². The van der Waals surface area contributed by atoms with Crippen LogP contribution in [0.4, 0.5) is 0 Å². The maximum atomic E-state index is 11.4. The second kappa shape index (κ2) is 6.76. The summed E-state index contributed by atoms with van der Waals surface area (Å²) in [5, 5.41) is 7.24. The Kier molecular flexibility index (Phi) is 6.46. The Morgan fingerprint density at radius 2 is 2.00 bits per heavy atom. The van der Waals surface area contributed by atoms with E-state index in [0.29, 0.717) is 13.0 Å². The first kappa shape index (κ1) is 14.3. The maximum Gasteiger partial charge on any atom is 0.277 e. The third kappa shape index (κ3) is 6.43. The zero-order chi connectivity index (χ0) is 11.9. The van der Waals surface area contributed by atoms with Crippen molar-refractivity contribution in [2.75, 3.05) is 6.54 Å². The molecule has 15 heavy (non-hydrogen) atoms. The Morgan fingerprint density at radius 3 is 2.40 bits per heavy atom. The van der Waals surface area contributed by atoms with Crippen LogP contribution in [0.1, 0.15) is 33.1 Å².